The van der Waals surface area contributed by atoms with Gasteiger partial charge in [0, 0.05) is 0 Å². The number of hydrogen-bond acceptors (Lipinski definition) is 0. The van der Waals surface area contributed by atoms with Crippen LogP contribution in [-0.4, -0.2) is 0 Å². The van der Waals surface area contributed by atoms with E-state index < -0.39 is 0 Å². The van der Waals surface area contributed by atoms with E-state index in [1.807, 2.05) is 0 Å². The average molecular weight is 250 g/mol. The van der Waals surface area contributed by atoms with Gasteiger partial charge in [0.15, 0.2) is 0 Å². The first kappa shape index (κ1) is 14.4. The molecule has 0 aromatic rings. The quantitative estimate of drug-likeness (QED) is 0.545. The van der Waals surface area contributed by atoms with Crippen molar-refractivity contribution in [1.82, 2.24) is 0 Å². The van der Waals surface area contributed by atoms with Crippen molar-refractivity contribution in [2.75, 3.05) is 0 Å². The Balaban J connectivity index is 1.97. The van der Waals surface area contributed by atoms with Crippen LogP contribution in [0.3, 0.4) is 0 Å². The predicted molar refractivity (Wildman–Crippen MR) is 80.7 cm³/mol. The Hall–Kier alpha value is 0. The molecule has 106 valence electrons. The van der Waals surface area contributed by atoms with Gasteiger partial charge in [0.2, 0.25) is 0 Å². The monoisotopic (exact) mass is 250 g/mol. The molecule has 0 heterocycles. The molecule has 0 aromatic carbocycles. The second-order valence-corrected chi connectivity index (χ2v) is 6.94. The second-order valence-electron chi connectivity index (χ2n) is 6.94. The molecule has 2 aliphatic carbocycles. The molecule has 0 aliphatic heterocycles. The number of rotatable bonds is 5. The fourth-order valence-electron chi connectivity index (χ4n) is 5.10. The largest absolute Gasteiger partial charge is 0.0651 e. The third-order valence-electron chi connectivity index (χ3n) is 6.00. The summed E-state index contributed by atoms with van der Waals surface area (Å²) in [6.45, 7) is 4.93. The van der Waals surface area contributed by atoms with Gasteiger partial charge >= 0.3 is 0 Å². The Morgan fingerprint density at radius 3 is 1.22 bits per heavy atom. The maximum atomic E-state index is 2.46. The molecule has 0 saturated heterocycles. The zero-order chi connectivity index (χ0) is 12.8. The highest BCUT2D eigenvalue weighted by atomic mass is 14.4. The van der Waals surface area contributed by atoms with Crippen molar-refractivity contribution in [3.8, 4) is 0 Å². The minimum atomic E-state index is 1.05. The second kappa shape index (κ2) is 7.56. The van der Waals surface area contributed by atoms with Gasteiger partial charge < -0.3 is 0 Å². The zero-order valence-corrected chi connectivity index (χ0v) is 12.8. The summed E-state index contributed by atoms with van der Waals surface area (Å²) in [7, 11) is 0. The maximum Gasteiger partial charge on any atom is -0.0357 e. The Kier molecular flexibility index (Phi) is 6.05. The van der Waals surface area contributed by atoms with E-state index >= 15 is 0 Å². The van der Waals surface area contributed by atoms with Crippen molar-refractivity contribution in [1.29, 1.82) is 0 Å². The first-order valence-electron chi connectivity index (χ1n) is 8.86. The highest BCUT2D eigenvalue weighted by Crippen LogP contribution is 2.43. The van der Waals surface area contributed by atoms with Gasteiger partial charge in [-0.1, -0.05) is 90.9 Å². The summed E-state index contributed by atoms with van der Waals surface area (Å²) in [5.74, 6) is 4.27. The summed E-state index contributed by atoms with van der Waals surface area (Å²) < 4.78 is 0. The van der Waals surface area contributed by atoms with E-state index in [0.29, 0.717) is 0 Å². The Bertz CT molecular complexity index is 184. The van der Waals surface area contributed by atoms with Gasteiger partial charge in [-0.15, -0.1) is 0 Å². The lowest BCUT2D eigenvalue weighted by atomic mass is 9.65. The summed E-state index contributed by atoms with van der Waals surface area (Å²) in [6, 6.07) is 0. The normalized spacial score (nSPS) is 27.0. The summed E-state index contributed by atoms with van der Waals surface area (Å²) in [5, 5.41) is 0. The van der Waals surface area contributed by atoms with Crippen molar-refractivity contribution in [2.24, 2.45) is 23.7 Å². The van der Waals surface area contributed by atoms with Crippen LogP contribution < -0.4 is 0 Å². The molecule has 2 fully saturated rings. The Morgan fingerprint density at radius 2 is 0.944 bits per heavy atom. The third kappa shape index (κ3) is 3.52. The first-order valence-corrected chi connectivity index (χ1v) is 8.86. The minimum Gasteiger partial charge on any atom is -0.0651 e. The highest BCUT2D eigenvalue weighted by molar-refractivity contribution is 4.83. The van der Waals surface area contributed by atoms with Gasteiger partial charge in [0.1, 0.15) is 0 Å². The lowest BCUT2D eigenvalue weighted by Gasteiger charge is -2.40. The lowest BCUT2D eigenvalue weighted by Crippen LogP contribution is -2.31. The molecule has 2 rings (SSSR count). The van der Waals surface area contributed by atoms with Crippen molar-refractivity contribution >= 4 is 0 Å². The van der Waals surface area contributed by atoms with Gasteiger partial charge in [-0.25, -0.2) is 0 Å². The van der Waals surface area contributed by atoms with E-state index in [4.69, 9.17) is 0 Å². The predicted octanol–water partition coefficient (Wildman–Crippen LogP) is 6.20. The van der Waals surface area contributed by atoms with Crippen LogP contribution in [0.4, 0.5) is 0 Å². The van der Waals surface area contributed by atoms with E-state index in [0.717, 1.165) is 23.7 Å². The van der Waals surface area contributed by atoms with Gasteiger partial charge in [-0.3, -0.25) is 0 Å². The Morgan fingerprint density at radius 1 is 0.611 bits per heavy atom. The smallest absolute Gasteiger partial charge is 0.0357 e. The summed E-state index contributed by atoms with van der Waals surface area (Å²) in [6.07, 6.45) is 18.1. The molecule has 2 aliphatic rings. The standard InChI is InChI=1S/C18H34/c1-3-17(15-11-7-5-8-12-15)18(4-2)16-13-9-6-10-14-16/h15-18H,3-14H2,1-2H3/t17-,18+. The van der Waals surface area contributed by atoms with Crippen LogP contribution in [0.5, 0.6) is 0 Å². The molecule has 0 amide bonds. The van der Waals surface area contributed by atoms with Gasteiger partial charge in [0.25, 0.3) is 0 Å². The number of hydrogen-bond donors (Lipinski definition) is 0. The average Bonchev–Trinajstić information content (AvgIpc) is 2.46. The molecule has 0 bridgehead atoms. The van der Waals surface area contributed by atoms with E-state index in [-0.39, 0.29) is 0 Å². The van der Waals surface area contributed by atoms with Crippen LogP contribution >= 0.6 is 0 Å². The molecule has 2 atom stereocenters. The molecule has 0 spiro atoms. The molecule has 0 unspecified atom stereocenters. The van der Waals surface area contributed by atoms with Crippen molar-refractivity contribution in [3.05, 3.63) is 0 Å². The lowest BCUT2D eigenvalue weighted by molar-refractivity contribution is 0.100. The highest BCUT2D eigenvalue weighted by Gasteiger charge is 2.33. The topological polar surface area (TPSA) is 0 Å². The van der Waals surface area contributed by atoms with Gasteiger partial charge in [-0.05, 0) is 23.7 Å². The van der Waals surface area contributed by atoms with Crippen LogP contribution in [0, 0.1) is 23.7 Å². The van der Waals surface area contributed by atoms with Crippen LogP contribution in [0.25, 0.3) is 0 Å². The molecule has 0 N–H and O–H groups in total. The first-order chi connectivity index (χ1) is 8.86. The molecular formula is C18H34. The van der Waals surface area contributed by atoms with Gasteiger partial charge in [0.05, 0.1) is 0 Å². The van der Waals surface area contributed by atoms with Crippen LogP contribution in [0.15, 0.2) is 0 Å². The maximum absolute atomic E-state index is 2.46. The van der Waals surface area contributed by atoms with Crippen LogP contribution in [0.1, 0.15) is 90.9 Å². The van der Waals surface area contributed by atoms with E-state index in [1.54, 1.807) is 25.7 Å². The third-order valence-corrected chi connectivity index (χ3v) is 6.00. The van der Waals surface area contributed by atoms with Crippen LogP contribution in [-0.2, 0) is 0 Å². The molecule has 0 nitrogen and oxygen atoms in total. The van der Waals surface area contributed by atoms with E-state index in [9.17, 15) is 0 Å². The molecular weight excluding hydrogens is 216 g/mol. The molecule has 18 heavy (non-hydrogen) atoms. The van der Waals surface area contributed by atoms with Crippen molar-refractivity contribution in [2.45, 2.75) is 90.9 Å². The Labute approximate surface area is 115 Å². The molecule has 2 saturated carbocycles. The fraction of sp³-hybridized carbons (Fsp3) is 1.00. The summed E-state index contributed by atoms with van der Waals surface area (Å²) in [5.41, 5.74) is 0. The zero-order valence-electron chi connectivity index (χ0n) is 12.8. The van der Waals surface area contributed by atoms with Crippen LogP contribution in [0.2, 0.25) is 0 Å². The summed E-state index contributed by atoms with van der Waals surface area (Å²) in [4.78, 5) is 0. The SMILES string of the molecule is CC[C@H](C1CCCCC1)[C@@H](CC)C1CCCCC1. The van der Waals surface area contributed by atoms with Crippen molar-refractivity contribution < 1.29 is 0 Å². The van der Waals surface area contributed by atoms with E-state index in [1.165, 1.54) is 51.4 Å². The van der Waals surface area contributed by atoms with Crippen molar-refractivity contribution in [3.63, 3.8) is 0 Å². The minimum absolute atomic E-state index is 1.05. The molecule has 0 heteroatoms. The fourth-order valence-corrected chi connectivity index (χ4v) is 5.10. The molecule has 0 radical (unpaired) electrons. The van der Waals surface area contributed by atoms with Gasteiger partial charge in [-0.2, -0.15) is 0 Å². The van der Waals surface area contributed by atoms with E-state index in [2.05, 4.69) is 13.8 Å². The summed E-state index contributed by atoms with van der Waals surface area (Å²) >= 11 is 0. The molecule has 0 aromatic heterocycles.